The number of carbonyl (C=O) groups excluding carboxylic acids is 1. The third kappa shape index (κ3) is 5.21. The predicted octanol–water partition coefficient (Wildman–Crippen LogP) is 4.96. The average Bonchev–Trinajstić information content (AvgIpc) is 3.02. The van der Waals surface area contributed by atoms with E-state index >= 15 is 0 Å². The Morgan fingerprint density at radius 2 is 1.90 bits per heavy atom. The molecule has 4 rings (SSSR count). The number of ether oxygens (including phenoxy) is 1. The van der Waals surface area contributed by atoms with E-state index in [1.165, 1.54) is 17.5 Å². The molecule has 3 unspecified atom stereocenters. The molecule has 0 saturated carbocycles. The molecule has 31 heavy (non-hydrogen) atoms. The molecule has 2 bridgehead atoms. The number of benzene rings is 2. The van der Waals surface area contributed by atoms with Crippen LogP contribution in [-0.4, -0.2) is 49.3 Å². The number of fused-ring (bicyclic) bond motifs is 2. The van der Waals surface area contributed by atoms with Crippen LogP contribution in [0.5, 0.6) is 5.75 Å². The van der Waals surface area contributed by atoms with Crippen LogP contribution in [0.4, 0.5) is 0 Å². The molecule has 0 aliphatic carbocycles. The van der Waals surface area contributed by atoms with Crippen molar-refractivity contribution >= 4 is 29.3 Å². The summed E-state index contributed by atoms with van der Waals surface area (Å²) in [6.45, 7) is 0.698. The van der Waals surface area contributed by atoms with Gasteiger partial charge < -0.3 is 10.1 Å². The summed E-state index contributed by atoms with van der Waals surface area (Å²) in [5, 5.41) is 3.98. The maximum absolute atomic E-state index is 13.3. The average molecular weight is 459 g/mol. The summed E-state index contributed by atoms with van der Waals surface area (Å²) >= 11 is 7.95. The van der Waals surface area contributed by atoms with Crippen LogP contribution in [0.1, 0.15) is 36.3 Å². The van der Waals surface area contributed by atoms with Crippen molar-refractivity contribution in [1.29, 1.82) is 0 Å². The molecule has 2 aromatic rings. The van der Waals surface area contributed by atoms with Crippen LogP contribution in [0.3, 0.4) is 0 Å². The van der Waals surface area contributed by atoms with Gasteiger partial charge in [-0.1, -0.05) is 35.9 Å². The fraction of sp³-hybridized carbons (Fsp3) is 0.480. The monoisotopic (exact) mass is 458 g/mol. The Morgan fingerprint density at radius 3 is 2.61 bits per heavy atom. The third-order valence-electron chi connectivity index (χ3n) is 6.84. The van der Waals surface area contributed by atoms with Gasteiger partial charge in [0.2, 0.25) is 5.91 Å². The number of amides is 1. The summed E-state index contributed by atoms with van der Waals surface area (Å²) < 4.78 is 5.21. The molecule has 2 aliphatic heterocycles. The first-order valence-electron chi connectivity index (χ1n) is 11.0. The zero-order valence-electron chi connectivity index (χ0n) is 18.2. The van der Waals surface area contributed by atoms with E-state index in [1.54, 1.807) is 7.11 Å². The van der Waals surface area contributed by atoms with E-state index in [0.29, 0.717) is 18.6 Å². The van der Waals surface area contributed by atoms with Crippen molar-refractivity contribution in [2.24, 2.45) is 5.92 Å². The molecule has 6 heteroatoms. The minimum absolute atomic E-state index is 0.00323. The number of halogens is 1. The number of hydrogen-bond donors (Lipinski definition) is 1. The van der Waals surface area contributed by atoms with Crippen LogP contribution in [-0.2, 0) is 10.5 Å². The van der Waals surface area contributed by atoms with E-state index in [2.05, 4.69) is 41.5 Å². The molecule has 2 saturated heterocycles. The Bertz CT molecular complexity index is 874. The standard InChI is InChI=1S/C25H31ClN2O2S/c1-28-20-9-12-23(28)24(22(15-20)18-5-7-19(26)8-6-18)25(29)27-13-14-31-16-17-3-10-21(30-2)11-4-17/h3-8,10-11,20,22-24H,9,12-16H2,1-2H3,(H,27,29)/t20?,22?,23-,24?/m0/s1. The SMILES string of the molecule is COc1ccc(CSCCNC(=O)C2C(c3ccc(Cl)cc3)CC3CC[C@@H]2N3C)cc1. The third-order valence-corrected chi connectivity index (χ3v) is 8.13. The molecular weight excluding hydrogens is 428 g/mol. The van der Waals surface area contributed by atoms with Crippen molar-refractivity contribution in [3.05, 3.63) is 64.7 Å². The molecule has 0 spiro atoms. The predicted molar refractivity (Wildman–Crippen MR) is 129 cm³/mol. The van der Waals surface area contributed by atoms with Gasteiger partial charge in [-0.25, -0.2) is 0 Å². The number of nitrogens with zero attached hydrogens (tertiary/aromatic N) is 1. The molecule has 0 radical (unpaired) electrons. The fourth-order valence-corrected chi connectivity index (χ4v) is 6.10. The summed E-state index contributed by atoms with van der Waals surface area (Å²) in [5.41, 5.74) is 2.51. The van der Waals surface area contributed by atoms with E-state index in [0.717, 1.165) is 35.1 Å². The molecular formula is C25H31ClN2O2S. The van der Waals surface area contributed by atoms with Gasteiger partial charge in [0.1, 0.15) is 5.75 Å². The summed E-state index contributed by atoms with van der Waals surface area (Å²) in [6.07, 6.45) is 3.33. The largest absolute Gasteiger partial charge is 0.497 e. The molecule has 4 atom stereocenters. The van der Waals surface area contributed by atoms with Gasteiger partial charge in [-0.05, 0) is 67.6 Å². The minimum atomic E-state index is -0.00323. The minimum Gasteiger partial charge on any atom is -0.497 e. The van der Waals surface area contributed by atoms with Crippen molar-refractivity contribution < 1.29 is 9.53 Å². The van der Waals surface area contributed by atoms with Gasteiger partial charge in [0.15, 0.2) is 0 Å². The van der Waals surface area contributed by atoms with Crippen LogP contribution in [0.2, 0.25) is 5.02 Å². The van der Waals surface area contributed by atoms with Gasteiger partial charge in [-0.3, -0.25) is 9.69 Å². The normalized spacial score (nSPS) is 25.4. The highest BCUT2D eigenvalue weighted by atomic mass is 35.5. The van der Waals surface area contributed by atoms with Gasteiger partial charge in [-0.2, -0.15) is 11.8 Å². The molecule has 166 valence electrons. The van der Waals surface area contributed by atoms with Gasteiger partial charge in [-0.15, -0.1) is 0 Å². The quantitative estimate of drug-likeness (QED) is 0.567. The number of carbonyl (C=O) groups is 1. The Hall–Kier alpha value is -1.69. The van der Waals surface area contributed by atoms with Crippen molar-refractivity contribution in [2.45, 2.75) is 43.0 Å². The highest BCUT2D eigenvalue weighted by molar-refractivity contribution is 7.98. The van der Waals surface area contributed by atoms with E-state index in [4.69, 9.17) is 16.3 Å². The second-order valence-corrected chi connectivity index (χ2v) is 10.1. The lowest BCUT2D eigenvalue weighted by Crippen LogP contribution is -2.51. The number of thioether (sulfide) groups is 1. The second-order valence-electron chi connectivity index (χ2n) is 8.58. The molecule has 4 nitrogen and oxygen atoms in total. The van der Waals surface area contributed by atoms with Crippen LogP contribution < -0.4 is 10.1 Å². The van der Waals surface area contributed by atoms with Gasteiger partial charge in [0, 0.05) is 35.2 Å². The van der Waals surface area contributed by atoms with E-state index < -0.39 is 0 Å². The van der Waals surface area contributed by atoms with E-state index in [9.17, 15) is 4.79 Å². The zero-order chi connectivity index (χ0) is 21.8. The van der Waals surface area contributed by atoms with Gasteiger partial charge in [0.05, 0.1) is 13.0 Å². The number of rotatable bonds is 8. The highest BCUT2D eigenvalue weighted by Gasteiger charge is 2.48. The topological polar surface area (TPSA) is 41.6 Å². The van der Waals surface area contributed by atoms with Crippen molar-refractivity contribution in [3.63, 3.8) is 0 Å². The Balaban J connectivity index is 1.33. The summed E-state index contributed by atoms with van der Waals surface area (Å²) in [7, 11) is 3.87. The Morgan fingerprint density at radius 1 is 1.16 bits per heavy atom. The molecule has 2 fully saturated rings. The molecule has 2 aliphatic rings. The first-order chi connectivity index (χ1) is 15.1. The highest BCUT2D eigenvalue weighted by Crippen LogP contribution is 2.46. The van der Waals surface area contributed by atoms with Gasteiger partial charge in [0.25, 0.3) is 0 Å². The Labute approximate surface area is 194 Å². The summed E-state index contributed by atoms with van der Waals surface area (Å²) in [4.78, 5) is 15.7. The fourth-order valence-electron chi connectivity index (χ4n) is 5.15. The van der Waals surface area contributed by atoms with Crippen molar-refractivity contribution in [2.75, 3.05) is 26.5 Å². The maximum Gasteiger partial charge on any atom is 0.225 e. The van der Waals surface area contributed by atoms with E-state index in [-0.39, 0.29) is 17.7 Å². The number of methoxy groups -OCH3 is 1. The number of piperidine rings is 1. The van der Waals surface area contributed by atoms with Crippen molar-refractivity contribution in [1.82, 2.24) is 10.2 Å². The molecule has 2 aromatic carbocycles. The zero-order valence-corrected chi connectivity index (χ0v) is 19.8. The first-order valence-corrected chi connectivity index (χ1v) is 12.6. The summed E-state index contributed by atoms with van der Waals surface area (Å²) in [5.74, 6) is 3.17. The van der Waals surface area contributed by atoms with Crippen LogP contribution in [0.25, 0.3) is 0 Å². The summed E-state index contributed by atoms with van der Waals surface area (Å²) in [6, 6.07) is 17.2. The van der Waals surface area contributed by atoms with E-state index in [1.807, 2.05) is 36.0 Å². The van der Waals surface area contributed by atoms with Crippen LogP contribution in [0.15, 0.2) is 48.5 Å². The van der Waals surface area contributed by atoms with Gasteiger partial charge >= 0.3 is 0 Å². The molecule has 2 heterocycles. The molecule has 0 aromatic heterocycles. The lowest BCUT2D eigenvalue weighted by molar-refractivity contribution is -0.129. The molecule has 1 amide bonds. The second kappa shape index (κ2) is 10.3. The lowest BCUT2D eigenvalue weighted by Gasteiger charge is -2.42. The number of hydrogen-bond acceptors (Lipinski definition) is 4. The first kappa shape index (κ1) is 22.5. The number of nitrogens with one attached hydrogen (secondary N) is 1. The smallest absolute Gasteiger partial charge is 0.225 e. The van der Waals surface area contributed by atoms with Crippen LogP contribution >= 0.6 is 23.4 Å². The van der Waals surface area contributed by atoms with Crippen LogP contribution in [0, 0.1) is 5.92 Å². The van der Waals surface area contributed by atoms with Crippen molar-refractivity contribution in [3.8, 4) is 5.75 Å². The maximum atomic E-state index is 13.3. The Kier molecular flexibility index (Phi) is 7.47. The lowest BCUT2D eigenvalue weighted by atomic mass is 9.75. The molecule has 1 N–H and O–H groups in total.